The molecule has 0 radical (unpaired) electrons. The first-order valence-corrected chi connectivity index (χ1v) is 7.17. The minimum atomic E-state index is -1.02. The van der Waals surface area contributed by atoms with Gasteiger partial charge in [-0.3, -0.25) is 0 Å². The van der Waals surface area contributed by atoms with Crippen molar-refractivity contribution in [3.8, 4) is 0 Å². The molecule has 2 unspecified atom stereocenters. The van der Waals surface area contributed by atoms with E-state index in [1.165, 1.54) is 0 Å². The summed E-state index contributed by atoms with van der Waals surface area (Å²) in [7, 11) is 0. The van der Waals surface area contributed by atoms with Crippen molar-refractivity contribution in [2.24, 2.45) is 0 Å². The Labute approximate surface area is 147 Å². The fourth-order valence-electron chi connectivity index (χ4n) is 1.30. The van der Waals surface area contributed by atoms with E-state index in [9.17, 15) is 24.9 Å². The van der Waals surface area contributed by atoms with E-state index in [2.05, 4.69) is 22.6 Å². The van der Waals surface area contributed by atoms with Crippen molar-refractivity contribution in [2.45, 2.75) is 25.7 Å². The van der Waals surface area contributed by atoms with E-state index in [1.54, 1.807) is 0 Å². The lowest BCUT2D eigenvalue weighted by Gasteiger charge is -2.16. The van der Waals surface area contributed by atoms with Gasteiger partial charge >= 0.3 is 11.9 Å². The zero-order chi connectivity index (χ0) is 18.4. The highest BCUT2D eigenvalue weighted by Crippen LogP contribution is 1.95. The molecule has 0 heterocycles. The molecule has 2 atom stereocenters. The third-order valence-electron chi connectivity index (χ3n) is 2.41. The van der Waals surface area contributed by atoms with Crippen LogP contribution < -0.4 is 0 Å². The van der Waals surface area contributed by atoms with Crippen LogP contribution in [0.25, 0.3) is 0 Å². The Bertz CT molecular complexity index is 361. The highest BCUT2D eigenvalue weighted by Gasteiger charge is 2.12. The summed E-state index contributed by atoms with van der Waals surface area (Å²) >= 11 is 0. The van der Waals surface area contributed by atoms with Gasteiger partial charge in [-0.25, -0.2) is 9.59 Å². The number of esters is 2. The summed E-state index contributed by atoms with van der Waals surface area (Å²) in [5, 5.41) is 28.5. The second kappa shape index (κ2) is 15.7. The van der Waals surface area contributed by atoms with Gasteiger partial charge in [0.2, 0.25) is 0 Å². The normalized spacial score (nSPS) is 13.7. The van der Waals surface area contributed by atoms with Gasteiger partial charge in [0.15, 0.2) is 0 Å². The molecule has 0 saturated heterocycles. The number of rotatable bonds is 14. The van der Waals surface area contributed by atoms with Crippen molar-refractivity contribution in [2.75, 3.05) is 39.6 Å². The molecule has 0 aromatic heterocycles. The van der Waals surface area contributed by atoms with Gasteiger partial charge in [0.1, 0.15) is 31.5 Å². The summed E-state index contributed by atoms with van der Waals surface area (Å²) < 4.78 is 19.3. The standard InChI is InChI=1S/C15H24O9.CH4/c1-3-14(19)23-9-12(17)7-21-5-11(16)6-22-8-13(18)10-24-15(20)4-2;/h3-4,11-13,16-18H,1-2,5-10H2;1H4. The smallest absolute Gasteiger partial charge is 0.330 e. The summed E-state index contributed by atoms with van der Waals surface area (Å²) in [5.41, 5.74) is 0. The fraction of sp³-hybridized carbons (Fsp3) is 0.625. The van der Waals surface area contributed by atoms with Gasteiger partial charge < -0.3 is 34.3 Å². The van der Waals surface area contributed by atoms with Gasteiger partial charge in [-0.15, -0.1) is 0 Å². The molecular weight excluding hydrogens is 336 g/mol. The molecule has 146 valence electrons. The summed E-state index contributed by atoms with van der Waals surface area (Å²) in [5.74, 6) is -1.31. The molecule has 9 heteroatoms. The first kappa shape index (κ1) is 25.5. The Morgan fingerprint density at radius 3 is 1.28 bits per heavy atom. The predicted molar refractivity (Wildman–Crippen MR) is 88.7 cm³/mol. The lowest BCUT2D eigenvalue weighted by molar-refractivity contribution is -0.142. The molecule has 0 spiro atoms. The molecule has 0 aliphatic carbocycles. The van der Waals surface area contributed by atoms with Gasteiger partial charge in [-0.05, 0) is 0 Å². The first-order valence-electron chi connectivity index (χ1n) is 7.17. The summed E-state index contributed by atoms with van der Waals surface area (Å²) in [6, 6.07) is 0. The van der Waals surface area contributed by atoms with Crippen molar-refractivity contribution >= 4 is 11.9 Å². The molecule has 9 nitrogen and oxygen atoms in total. The van der Waals surface area contributed by atoms with Gasteiger partial charge in [0.25, 0.3) is 0 Å². The van der Waals surface area contributed by atoms with Gasteiger partial charge in [0, 0.05) is 12.2 Å². The summed E-state index contributed by atoms with van der Waals surface area (Å²) in [6.07, 6.45) is -1.08. The first-order chi connectivity index (χ1) is 11.4. The van der Waals surface area contributed by atoms with E-state index < -0.39 is 30.3 Å². The lowest BCUT2D eigenvalue weighted by atomic mass is 10.3. The van der Waals surface area contributed by atoms with Crippen LogP contribution in [0, 0.1) is 0 Å². The van der Waals surface area contributed by atoms with E-state index >= 15 is 0 Å². The van der Waals surface area contributed by atoms with E-state index in [-0.39, 0.29) is 47.1 Å². The van der Waals surface area contributed by atoms with Gasteiger partial charge in [0.05, 0.1) is 26.4 Å². The lowest BCUT2D eigenvalue weighted by Crippen LogP contribution is -2.30. The molecule has 0 fully saturated rings. The molecular formula is C16H28O9. The van der Waals surface area contributed by atoms with E-state index in [0.29, 0.717) is 0 Å². The highest BCUT2D eigenvalue weighted by molar-refractivity contribution is 5.81. The minimum absolute atomic E-state index is 0. The van der Waals surface area contributed by atoms with Crippen molar-refractivity contribution in [1.82, 2.24) is 0 Å². The maximum Gasteiger partial charge on any atom is 0.330 e. The SMILES string of the molecule is C.C=CC(=O)OCC(O)COCC(O)COCC(O)COC(=O)C=C. The second-order valence-corrected chi connectivity index (χ2v) is 4.70. The third-order valence-corrected chi connectivity index (χ3v) is 2.41. The van der Waals surface area contributed by atoms with Crippen LogP contribution in [0.1, 0.15) is 7.43 Å². The van der Waals surface area contributed by atoms with Crippen molar-refractivity contribution in [3.63, 3.8) is 0 Å². The van der Waals surface area contributed by atoms with Crippen LogP contribution in [0.3, 0.4) is 0 Å². The molecule has 3 N–H and O–H groups in total. The fourth-order valence-corrected chi connectivity index (χ4v) is 1.30. The Morgan fingerprint density at radius 1 is 0.720 bits per heavy atom. The summed E-state index contributed by atoms with van der Waals surface area (Å²) in [4.78, 5) is 21.5. The van der Waals surface area contributed by atoms with Crippen LogP contribution in [-0.2, 0) is 28.5 Å². The van der Waals surface area contributed by atoms with Crippen LogP contribution in [0.2, 0.25) is 0 Å². The zero-order valence-electron chi connectivity index (χ0n) is 13.3. The Hall–Kier alpha value is -1.78. The van der Waals surface area contributed by atoms with Gasteiger partial charge in [-0.2, -0.15) is 0 Å². The number of ether oxygens (including phenoxy) is 4. The number of carbonyl (C=O) groups excluding carboxylic acids is 2. The molecule has 0 aliphatic heterocycles. The Morgan fingerprint density at radius 2 is 1.00 bits per heavy atom. The number of hydrogen-bond acceptors (Lipinski definition) is 9. The number of aliphatic hydroxyl groups is 3. The average molecular weight is 364 g/mol. The Balaban J connectivity index is 0. The number of aliphatic hydroxyl groups excluding tert-OH is 3. The summed E-state index contributed by atoms with van der Waals surface area (Å²) in [6.45, 7) is 5.42. The maximum absolute atomic E-state index is 10.8. The van der Waals surface area contributed by atoms with E-state index in [1.807, 2.05) is 0 Å². The van der Waals surface area contributed by atoms with Crippen LogP contribution in [0.5, 0.6) is 0 Å². The number of hydrogen-bond donors (Lipinski definition) is 3. The average Bonchev–Trinajstić information content (AvgIpc) is 2.57. The van der Waals surface area contributed by atoms with Gasteiger partial charge in [-0.1, -0.05) is 20.6 Å². The van der Waals surface area contributed by atoms with Crippen molar-refractivity contribution in [3.05, 3.63) is 25.3 Å². The van der Waals surface area contributed by atoms with Crippen LogP contribution >= 0.6 is 0 Å². The minimum Gasteiger partial charge on any atom is -0.460 e. The molecule has 0 bridgehead atoms. The third kappa shape index (κ3) is 15.5. The quantitative estimate of drug-likeness (QED) is 0.268. The zero-order valence-corrected chi connectivity index (χ0v) is 13.3. The molecule has 0 amide bonds. The topological polar surface area (TPSA) is 132 Å². The molecule has 25 heavy (non-hydrogen) atoms. The Kier molecular flexibility index (Phi) is 16.0. The molecule has 0 aliphatic rings. The van der Waals surface area contributed by atoms with E-state index in [4.69, 9.17) is 9.47 Å². The van der Waals surface area contributed by atoms with Crippen LogP contribution in [-0.4, -0.2) is 85.2 Å². The number of carbonyl (C=O) groups is 2. The van der Waals surface area contributed by atoms with Crippen LogP contribution in [0.15, 0.2) is 25.3 Å². The van der Waals surface area contributed by atoms with E-state index in [0.717, 1.165) is 12.2 Å². The monoisotopic (exact) mass is 364 g/mol. The molecule has 0 saturated carbocycles. The largest absolute Gasteiger partial charge is 0.460 e. The highest BCUT2D eigenvalue weighted by atomic mass is 16.6. The van der Waals surface area contributed by atoms with Crippen molar-refractivity contribution in [1.29, 1.82) is 0 Å². The molecule has 0 rings (SSSR count). The van der Waals surface area contributed by atoms with Crippen molar-refractivity contribution < 1.29 is 43.9 Å². The predicted octanol–water partition coefficient (Wildman–Crippen LogP) is -0.803. The maximum atomic E-state index is 10.8. The second-order valence-electron chi connectivity index (χ2n) is 4.70. The molecule has 0 aromatic rings. The van der Waals surface area contributed by atoms with Crippen LogP contribution in [0.4, 0.5) is 0 Å². The molecule has 0 aromatic carbocycles.